The van der Waals surface area contributed by atoms with Gasteiger partial charge in [0.15, 0.2) is 0 Å². The van der Waals surface area contributed by atoms with Crippen molar-refractivity contribution in [2.75, 3.05) is 30.7 Å². The van der Waals surface area contributed by atoms with Gasteiger partial charge in [-0.15, -0.1) is 23.1 Å². The van der Waals surface area contributed by atoms with Crippen LogP contribution in [0.1, 0.15) is 22.5 Å². The van der Waals surface area contributed by atoms with Crippen molar-refractivity contribution >= 4 is 40.7 Å². The van der Waals surface area contributed by atoms with Crippen molar-refractivity contribution in [3.05, 3.63) is 52.5 Å². The van der Waals surface area contributed by atoms with Crippen LogP contribution in [-0.4, -0.2) is 52.0 Å². The van der Waals surface area contributed by atoms with Crippen LogP contribution in [0.2, 0.25) is 0 Å². The molecule has 0 saturated carbocycles. The summed E-state index contributed by atoms with van der Waals surface area (Å²) in [7, 11) is 0. The largest absolute Gasteiger partial charge is 0.324 e. The molecule has 1 aromatic carbocycles. The average molecular weight is 406 g/mol. The fourth-order valence-corrected chi connectivity index (χ4v) is 5.79. The van der Waals surface area contributed by atoms with Crippen LogP contribution < -0.4 is 5.32 Å². The molecule has 4 rings (SSSR count). The molecule has 2 aliphatic rings. The number of halogens is 1. The SMILES string of the molecule is O=C(Nc1ccccc1F)N1CCC2(CC1)SCCN2C(=O)c1cccs1. The molecular weight excluding hydrogens is 385 g/mol. The molecule has 0 radical (unpaired) electrons. The van der Waals surface area contributed by atoms with Crippen LogP contribution in [0.3, 0.4) is 0 Å². The van der Waals surface area contributed by atoms with Gasteiger partial charge in [-0.1, -0.05) is 18.2 Å². The molecule has 0 unspecified atom stereocenters. The highest BCUT2D eigenvalue weighted by Gasteiger charge is 2.47. The number of rotatable bonds is 2. The molecule has 2 aromatic rings. The number of amides is 3. The van der Waals surface area contributed by atoms with E-state index in [0.29, 0.717) is 13.1 Å². The van der Waals surface area contributed by atoms with Crippen LogP contribution >= 0.6 is 23.1 Å². The van der Waals surface area contributed by atoms with Crippen LogP contribution in [0.5, 0.6) is 0 Å². The molecular formula is C19H20FN3O2S2. The first-order chi connectivity index (χ1) is 13.1. The topological polar surface area (TPSA) is 52.7 Å². The Morgan fingerprint density at radius 3 is 2.56 bits per heavy atom. The first-order valence-electron chi connectivity index (χ1n) is 8.89. The number of hydrogen-bond donors (Lipinski definition) is 1. The minimum atomic E-state index is -0.446. The maximum atomic E-state index is 13.8. The summed E-state index contributed by atoms with van der Waals surface area (Å²) in [4.78, 5) is 29.6. The van der Waals surface area contributed by atoms with Gasteiger partial charge in [0.25, 0.3) is 5.91 Å². The standard InChI is InChI=1S/C19H20FN3O2S2/c20-14-4-1-2-5-15(14)21-18(25)22-9-7-19(8-10-22)23(11-13-27-19)17(24)16-6-3-12-26-16/h1-6,12H,7-11,13H2,(H,21,25). The summed E-state index contributed by atoms with van der Waals surface area (Å²) in [5.74, 6) is 0.552. The summed E-state index contributed by atoms with van der Waals surface area (Å²) in [6.07, 6.45) is 1.44. The van der Waals surface area contributed by atoms with Crippen molar-refractivity contribution in [3.63, 3.8) is 0 Å². The lowest BCUT2D eigenvalue weighted by Crippen LogP contribution is -2.54. The highest BCUT2D eigenvalue weighted by molar-refractivity contribution is 8.00. The van der Waals surface area contributed by atoms with Crippen LogP contribution in [0.4, 0.5) is 14.9 Å². The van der Waals surface area contributed by atoms with E-state index in [2.05, 4.69) is 5.32 Å². The third-order valence-electron chi connectivity index (χ3n) is 5.10. The van der Waals surface area contributed by atoms with E-state index in [1.165, 1.54) is 17.4 Å². The monoisotopic (exact) mass is 405 g/mol. The number of hydrogen-bond acceptors (Lipinski definition) is 4. The van der Waals surface area contributed by atoms with E-state index in [4.69, 9.17) is 0 Å². The van der Waals surface area contributed by atoms with Gasteiger partial charge < -0.3 is 15.1 Å². The number of urea groups is 1. The molecule has 0 aliphatic carbocycles. The summed E-state index contributed by atoms with van der Waals surface area (Å²) in [6.45, 7) is 1.83. The van der Waals surface area contributed by atoms with Crippen molar-refractivity contribution in [2.45, 2.75) is 17.7 Å². The zero-order valence-corrected chi connectivity index (χ0v) is 16.3. The highest BCUT2D eigenvalue weighted by Crippen LogP contribution is 2.44. The number of nitrogens with zero attached hydrogens (tertiary/aromatic N) is 2. The zero-order chi connectivity index (χ0) is 18.9. The average Bonchev–Trinajstić information content (AvgIpc) is 3.34. The third kappa shape index (κ3) is 3.55. The van der Waals surface area contributed by atoms with Gasteiger partial charge in [0, 0.05) is 25.4 Å². The van der Waals surface area contributed by atoms with Gasteiger partial charge in [-0.2, -0.15) is 0 Å². The Kier molecular flexibility index (Phi) is 5.10. The summed E-state index contributed by atoms with van der Waals surface area (Å²) in [5, 5.41) is 4.56. The Morgan fingerprint density at radius 2 is 1.85 bits per heavy atom. The summed E-state index contributed by atoms with van der Waals surface area (Å²) in [6, 6.07) is 9.61. The van der Waals surface area contributed by atoms with Crippen LogP contribution in [0.25, 0.3) is 0 Å². The van der Waals surface area contributed by atoms with E-state index in [1.54, 1.807) is 23.1 Å². The Labute approximate surface area is 165 Å². The fraction of sp³-hybridized carbons (Fsp3) is 0.368. The fourth-order valence-electron chi connectivity index (χ4n) is 3.66. The lowest BCUT2D eigenvalue weighted by Gasteiger charge is -2.43. The van der Waals surface area contributed by atoms with E-state index < -0.39 is 5.82 Å². The van der Waals surface area contributed by atoms with Crippen molar-refractivity contribution in [2.24, 2.45) is 0 Å². The summed E-state index contributed by atoms with van der Waals surface area (Å²) < 4.78 is 13.8. The van der Waals surface area contributed by atoms with E-state index >= 15 is 0 Å². The molecule has 2 saturated heterocycles. The minimum absolute atomic E-state index is 0.0826. The van der Waals surface area contributed by atoms with Gasteiger partial charge in [0.05, 0.1) is 15.4 Å². The Hall–Kier alpha value is -2.06. The summed E-state index contributed by atoms with van der Waals surface area (Å²) in [5.41, 5.74) is 0.188. The molecule has 0 atom stereocenters. The number of para-hydroxylation sites is 1. The van der Waals surface area contributed by atoms with Gasteiger partial charge in [-0.25, -0.2) is 9.18 Å². The van der Waals surface area contributed by atoms with Gasteiger partial charge in [-0.05, 0) is 36.4 Å². The quantitative estimate of drug-likeness (QED) is 0.818. The van der Waals surface area contributed by atoms with E-state index in [0.717, 1.165) is 30.0 Å². The number of carbonyl (C=O) groups is 2. The second-order valence-electron chi connectivity index (χ2n) is 6.63. The maximum Gasteiger partial charge on any atom is 0.321 e. The number of carbonyl (C=O) groups excluding carboxylic acids is 2. The molecule has 5 nitrogen and oxygen atoms in total. The molecule has 8 heteroatoms. The Bertz CT molecular complexity index is 835. The summed E-state index contributed by atoms with van der Waals surface area (Å²) >= 11 is 3.27. The molecule has 1 N–H and O–H groups in total. The highest BCUT2D eigenvalue weighted by atomic mass is 32.2. The number of likely N-dealkylation sites (tertiary alicyclic amines) is 1. The third-order valence-corrected chi connectivity index (χ3v) is 7.51. The molecule has 3 amide bonds. The van der Waals surface area contributed by atoms with Crippen molar-refractivity contribution in [1.82, 2.24) is 9.80 Å². The zero-order valence-electron chi connectivity index (χ0n) is 14.7. The Morgan fingerprint density at radius 1 is 1.07 bits per heavy atom. The van der Waals surface area contributed by atoms with Gasteiger partial charge in [0.1, 0.15) is 5.82 Å². The normalized spacial score (nSPS) is 18.7. The molecule has 142 valence electrons. The predicted octanol–water partition coefficient (Wildman–Crippen LogP) is 4.10. The van der Waals surface area contributed by atoms with Gasteiger partial charge in [0.2, 0.25) is 0 Å². The second kappa shape index (κ2) is 7.52. The van der Waals surface area contributed by atoms with E-state index in [1.807, 2.05) is 34.2 Å². The van der Waals surface area contributed by atoms with Gasteiger partial charge >= 0.3 is 6.03 Å². The molecule has 2 aliphatic heterocycles. The molecule has 1 aromatic heterocycles. The lowest BCUT2D eigenvalue weighted by molar-refractivity contribution is 0.0590. The van der Waals surface area contributed by atoms with Gasteiger partial charge in [-0.3, -0.25) is 4.79 Å². The van der Waals surface area contributed by atoms with Crippen molar-refractivity contribution in [3.8, 4) is 0 Å². The molecule has 1 spiro atoms. The first kappa shape index (κ1) is 18.3. The van der Waals surface area contributed by atoms with Crippen LogP contribution in [-0.2, 0) is 0 Å². The number of thioether (sulfide) groups is 1. The van der Waals surface area contributed by atoms with E-state index in [-0.39, 0.29) is 22.5 Å². The number of piperidine rings is 1. The molecule has 2 fully saturated rings. The van der Waals surface area contributed by atoms with Crippen molar-refractivity contribution in [1.29, 1.82) is 0 Å². The first-order valence-corrected chi connectivity index (χ1v) is 10.8. The van der Waals surface area contributed by atoms with E-state index in [9.17, 15) is 14.0 Å². The number of thiophene rings is 1. The lowest BCUT2D eigenvalue weighted by atomic mass is 10.0. The molecule has 27 heavy (non-hydrogen) atoms. The number of anilines is 1. The Balaban J connectivity index is 1.41. The smallest absolute Gasteiger partial charge is 0.321 e. The number of benzene rings is 1. The minimum Gasteiger partial charge on any atom is -0.324 e. The molecule has 0 bridgehead atoms. The number of nitrogens with one attached hydrogen (secondary N) is 1. The predicted molar refractivity (Wildman–Crippen MR) is 107 cm³/mol. The second-order valence-corrected chi connectivity index (χ2v) is 9.03. The van der Waals surface area contributed by atoms with Crippen molar-refractivity contribution < 1.29 is 14.0 Å². The maximum absolute atomic E-state index is 13.8. The molecule has 3 heterocycles. The van der Waals surface area contributed by atoms with Crippen LogP contribution in [0, 0.1) is 5.82 Å². The van der Waals surface area contributed by atoms with Crippen LogP contribution in [0.15, 0.2) is 41.8 Å².